The van der Waals surface area contributed by atoms with Crippen molar-refractivity contribution in [3.05, 3.63) is 41.5 Å². The van der Waals surface area contributed by atoms with Crippen molar-refractivity contribution in [3.8, 4) is 10.4 Å². The molecule has 0 radical (unpaired) electrons. The van der Waals surface area contributed by atoms with E-state index in [2.05, 4.69) is 76.3 Å². The molecule has 0 saturated heterocycles. The molecular formula is C24H38SSn. The Bertz CT molecular complexity index is 629. The van der Waals surface area contributed by atoms with Crippen LogP contribution in [0.1, 0.15) is 70.4 Å². The van der Waals surface area contributed by atoms with E-state index in [1.54, 1.807) is 13.3 Å². The number of thiophene rings is 1. The summed E-state index contributed by atoms with van der Waals surface area (Å²) in [6.07, 6.45) is 8.39. The van der Waals surface area contributed by atoms with Crippen molar-refractivity contribution in [1.82, 2.24) is 0 Å². The van der Waals surface area contributed by atoms with Gasteiger partial charge in [-0.25, -0.2) is 0 Å². The van der Waals surface area contributed by atoms with Crippen LogP contribution >= 0.6 is 11.3 Å². The first-order valence-electron chi connectivity index (χ1n) is 10.7. The van der Waals surface area contributed by atoms with E-state index in [0.29, 0.717) is 0 Å². The van der Waals surface area contributed by atoms with E-state index in [1.165, 1.54) is 60.1 Å². The summed E-state index contributed by atoms with van der Waals surface area (Å²) >= 11 is -0.102. The third kappa shape index (κ3) is 5.38. The number of unbranched alkanes of at least 4 members (excludes halogenated alkanes) is 3. The molecule has 0 fully saturated rings. The molecule has 2 heteroatoms. The zero-order valence-electron chi connectivity index (χ0n) is 17.7. The Morgan fingerprint density at radius 3 is 1.69 bits per heavy atom. The molecule has 26 heavy (non-hydrogen) atoms. The quantitative estimate of drug-likeness (QED) is 0.287. The topological polar surface area (TPSA) is 0 Å². The van der Waals surface area contributed by atoms with Gasteiger partial charge in [-0.1, -0.05) is 0 Å². The second kappa shape index (κ2) is 10.9. The summed E-state index contributed by atoms with van der Waals surface area (Å²) in [5.74, 6) is 0. The Morgan fingerprint density at radius 2 is 1.23 bits per heavy atom. The standard InChI is InChI=1S/C12H11S.3C4H9.Sn/c1-9-5-3-6-10(2)12(9)11-7-4-8-13-11;3*1-3-4-2;/h3-7H,1-2H3;3*1,3-4H2,2H3;. The van der Waals surface area contributed by atoms with E-state index in [0.717, 1.165) is 0 Å². The first kappa shape index (κ1) is 22.0. The van der Waals surface area contributed by atoms with Crippen LogP contribution in [0.3, 0.4) is 0 Å². The van der Waals surface area contributed by atoms with Gasteiger partial charge in [-0.2, -0.15) is 0 Å². The Morgan fingerprint density at radius 1 is 0.731 bits per heavy atom. The molecule has 0 N–H and O–H groups in total. The van der Waals surface area contributed by atoms with Gasteiger partial charge in [-0.05, 0) is 0 Å². The second-order valence-electron chi connectivity index (χ2n) is 8.02. The van der Waals surface area contributed by atoms with Gasteiger partial charge in [0.25, 0.3) is 0 Å². The number of aryl methyl sites for hydroxylation is 2. The number of hydrogen-bond donors (Lipinski definition) is 0. The maximum atomic E-state index is 2.56. The summed E-state index contributed by atoms with van der Waals surface area (Å²) in [5, 5.41) is 0. The molecule has 0 aliphatic carbocycles. The van der Waals surface area contributed by atoms with Crippen molar-refractivity contribution >= 4 is 32.6 Å². The van der Waals surface area contributed by atoms with Gasteiger partial charge < -0.3 is 0 Å². The molecule has 0 saturated carbocycles. The average molecular weight is 477 g/mol. The third-order valence-corrected chi connectivity index (χ3v) is 25.3. The van der Waals surface area contributed by atoms with Crippen molar-refractivity contribution in [3.63, 3.8) is 0 Å². The maximum absolute atomic E-state index is 2.56. The molecule has 0 spiro atoms. The first-order chi connectivity index (χ1) is 12.6. The Hall–Kier alpha value is -0.281. The summed E-state index contributed by atoms with van der Waals surface area (Å²) in [7, 11) is 0. The Balaban J connectivity index is 2.42. The van der Waals surface area contributed by atoms with Gasteiger partial charge in [0.2, 0.25) is 0 Å². The summed E-state index contributed by atoms with van der Waals surface area (Å²) in [5.41, 5.74) is 4.34. The van der Waals surface area contributed by atoms with Gasteiger partial charge in [0, 0.05) is 0 Å². The molecule has 0 aliphatic rings. The Kier molecular flexibility index (Phi) is 9.23. The zero-order valence-corrected chi connectivity index (χ0v) is 21.3. The van der Waals surface area contributed by atoms with E-state index in [4.69, 9.17) is 0 Å². The van der Waals surface area contributed by atoms with E-state index >= 15 is 0 Å². The van der Waals surface area contributed by atoms with Crippen LogP contribution in [0.5, 0.6) is 0 Å². The minimum absolute atomic E-state index is 1.35. The molecular weight excluding hydrogens is 439 g/mol. The second-order valence-corrected chi connectivity index (χ2v) is 23.3. The SMILES string of the molecule is CCC[CH2][Sn]([CH2]CCC)([CH2]CCC)[c]1ccc(-c2c(C)cccc2C)s1. The van der Waals surface area contributed by atoms with Crippen LogP contribution in [-0.2, 0) is 0 Å². The first-order valence-corrected chi connectivity index (χ1v) is 19.0. The normalized spacial score (nSPS) is 11.9. The summed E-state index contributed by atoms with van der Waals surface area (Å²) in [4.78, 5) is 1.51. The van der Waals surface area contributed by atoms with E-state index in [-0.39, 0.29) is 0 Å². The van der Waals surface area contributed by atoms with Crippen molar-refractivity contribution in [2.24, 2.45) is 0 Å². The molecule has 144 valence electrons. The van der Waals surface area contributed by atoms with Crippen molar-refractivity contribution in [1.29, 1.82) is 0 Å². The van der Waals surface area contributed by atoms with E-state index in [1.807, 2.05) is 2.89 Å². The zero-order chi connectivity index (χ0) is 19.0. The van der Waals surface area contributed by atoms with Gasteiger partial charge >= 0.3 is 171 Å². The molecule has 0 atom stereocenters. The predicted octanol–water partition coefficient (Wildman–Crippen LogP) is 8.09. The predicted molar refractivity (Wildman–Crippen MR) is 124 cm³/mol. The molecule has 0 aliphatic heterocycles. The summed E-state index contributed by atoms with van der Waals surface area (Å²) < 4.78 is 6.56. The van der Waals surface area contributed by atoms with Crippen molar-refractivity contribution in [2.75, 3.05) is 0 Å². The summed E-state index contributed by atoms with van der Waals surface area (Å²) in [6, 6.07) is 11.7. The third-order valence-electron chi connectivity index (χ3n) is 5.88. The van der Waals surface area contributed by atoms with E-state index in [9.17, 15) is 0 Å². The van der Waals surface area contributed by atoms with Crippen LogP contribution in [0.15, 0.2) is 30.3 Å². The fraction of sp³-hybridized carbons (Fsp3) is 0.583. The minimum atomic E-state index is -2.27. The number of rotatable bonds is 11. The van der Waals surface area contributed by atoms with Crippen molar-refractivity contribution < 1.29 is 0 Å². The molecule has 0 amide bonds. The monoisotopic (exact) mass is 478 g/mol. The Labute approximate surface area is 170 Å². The van der Waals surface area contributed by atoms with Gasteiger partial charge in [-0.3, -0.25) is 0 Å². The summed E-state index contributed by atoms with van der Waals surface area (Å²) in [6.45, 7) is 11.6. The van der Waals surface area contributed by atoms with Crippen molar-refractivity contribution in [2.45, 2.75) is 86.5 Å². The molecule has 1 aromatic carbocycles. The molecule has 1 aromatic heterocycles. The van der Waals surface area contributed by atoms with Crippen LogP contribution in [-0.4, -0.2) is 18.4 Å². The van der Waals surface area contributed by atoms with Crippen LogP contribution in [0.25, 0.3) is 10.4 Å². The molecule has 1 heterocycles. The van der Waals surface area contributed by atoms with E-state index < -0.39 is 18.4 Å². The fourth-order valence-electron chi connectivity index (χ4n) is 4.25. The van der Waals surface area contributed by atoms with Gasteiger partial charge in [0.15, 0.2) is 0 Å². The van der Waals surface area contributed by atoms with Crippen LogP contribution < -0.4 is 2.89 Å². The van der Waals surface area contributed by atoms with Crippen LogP contribution in [0.2, 0.25) is 13.3 Å². The van der Waals surface area contributed by atoms with Gasteiger partial charge in [0.05, 0.1) is 0 Å². The van der Waals surface area contributed by atoms with Crippen LogP contribution in [0.4, 0.5) is 0 Å². The molecule has 0 unspecified atom stereocenters. The molecule has 0 bridgehead atoms. The molecule has 2 aromatic rings. The van der Waals surface area contributed by atoms with Gasteiger partial charge in [0.1, 0.15) is 0 Å². The van der Waals surface area contributed by atoms with Gasteiger partial charge in [-0.15, -0.1) is 0 Å². The van der Waals surface area contributed by atoms with Crippen LogP contribution in [0, 0.1) is 13.8 Å². The number of hydrogen-bond acceptors (Lipinski definition) is 1. The molecule has 2 rings (SSSR count). The fourth-order valence-corrected chi connectivity index (χ4v) is 24.6. The average Bonchev–Trinajstić information content (AvgIpc) is 3.11. The molecule has 0 nitrogen and oxygen atoms in total. The number of benzene rings is 1.